The molecule has 1 N–H and O–H groups in total. The first-order chi connectivity index (χ1) is 11.8. The molecule has 1 aromatic rings. The lowest BCUT2D eigenvalue weighted by Gasteiger charge is -2.24. The summed E-state index contributed by atoms with van der Waals surface area (Å²) in [6, 6.07) is 6.25. The van der Waals surface area contributed by atoms with Crippen LogP contribution in [0.4, 0.5) is 10.1 Å². The van der Waals surface area contributed by atoms with E-state index in [0.29, 0.717) is 31.4 Å². The first kappa shape index (κ1) is 17.9. The number of halogens is 1. The van der Waals surface area contributed by atoms with Crippen molar-refractivity contribution in [1.29, 1.82) is 0 Å². The van der Waals surface area contributed by atoms with Gasteiger partial charge in [0, 0.05) is 36.2 Å². The van der Waals surface area contributed by atoms with E-state index < -0.39 is 0 Å². The van der Waals surface area contributed by atoms with E-state index in [1.807, 2.05) is 16.8 Å². The number of benzene rings is 1. The molecule has 1 aliphatic heterocycles. The van der Waals surface area contributed by atoms with Gasteiger partial charge < -0.3 is 10.2 Å². The molecule has 0 aromatic heterocycles. The van der Waals surface area contributed by atoms with Gasteiger partial charge >= 0.3 is 0 Å². The minimum Gasteiger partial charge on any atom is -0.341 e. The second-order valence-corrected chi connectivity index (χ2v) is 7.69. The van der Waals surface area contributed by atoms with Crippen LogP contribution in [0, 0.1) is 17.2 Å². The summed E-state index contributed by atoms with van der Waals surface area (Å²) < 4.78 is 13.2. The fraction of sp³-hybridized carbons (Fsp3) is 0.579. The van der Waals surface area contributed by atoms with Crippen molar-refractivity contribution in [2.45, 2.75) is 32.7 Å². The molecule has 2 atom stereocenters. The van der Waals surface area contributed by atoms with Crippen molar-refractivity contribution in [2.24, 2.45) is 11.3 Å². The van der Waals surface area contributed by atoms with Crippen LogP contribution >= 0.6 is 0 Å². The first-order valence-corrected chi connectivity index (χ1v) is 8.85. The molecule has 5 nitrogen and oxygen atoms in total. The standard InChI is InChI=1S/C19H26FN3O2/c1-13(2)22(3)11-17(24)23-8-7-19(12-23)10-16(19)18(25)21-15-6-4-5-14(20)9-15/h4-6,9,13,16H,7-8,10-12H2,1-3H3,(H,21,25). The van der Waals surface area contributed by atoms with Gasteiger partial charge in [0.05, 0.1) is 6.54 Å². The average Bonchev–Trinajstić information content (AvgIpc) is 3.07. The van der Waals surface area contributed by atoms with Gasteiger partial charge in [-0.15, -0.1) is 0 Å². The monoisotopic (exact) mass is 347 g/mol. The van der Waals surface area contributed by atoms with Crippen LogP contribution < -0.4 is 5.32 Å². The first-order valence-electron chi connectivity index (χ1n) is 8.85. The van der Waals surface area contributed by atoms with E-state index in [4.69, 9.17) is 0 Å². The van der Waals surface area contributed by atoms with Gasteiger partial charge in [0.15, 0.2) is 0 Å². The fourth-order valence-electron chi connectivity index (χ4n) is 3.57. The maximum atomic E-state index is 13.2. The molecular weight excluding hydrogens is 321 g/mol. The largest absolute Gasteiger partial charge is 0.341 e. The third-order valence-corrected chi connectivity index (χ3v) is 5.60. The lowest BCUT2D eigenvalue weighted by molar-refractivity contribution is -0.131. The number of hydrogen-bond donors (Lipinski definition) is 1. The van der Waals surface area contributed by atoms with E-state index in [1.54, 1.807) is 12.1 Å². The number of amides is 2. The van der Waals surface area contributed by atoms with Gasteiger partial charge in [-0.05, 0) is 51.9 Å². The zero-order valence-corrected chi connectivity index (χ0v) is 15.1. The molecule has 2 unspecified atom stereocenters. The van der Waals surface area contributed by atoms with Gasteiger partial charge in [0.1, 0.15) is 5.82 Å². The zero-order valence-electron chi connectivity index (χ0n) is 15.1. The van der Waals surface area contributed by atoms with Gasteiger partial charge in [-0.25, -0.2) is 4.39 Å². The molecule has 1 spiro atoms. The highest BCUT2D eigenvalue weighted by atomic mass is 19.1. The minimum atomic E-state index is -0.366. The van der Waals surface area contributed by atoms with Crippen molar-refractivity contribution in [1.82, 2.24) is 9.80 Å². The van der Waals surface area contributed by atoms with Crippen molar-refractivity contribution >= 4 is 17.5 Å². The van der Waals surface area contributed by atoms with Crippen LogP contribution in [0.15, 0.2) is 24.3 Å². The van der Waals surface area contributed by atoms with Crippen LogP contribution in [-0.4, -0.2) is 54.3 Å². The van der Waals surface area contributed by atoms with Gasteiger partial charge in [-0.2, -0.15) is 0 Å². The normalized spacial score (nSPS) is 25.0. The molecule has 2 fully saturated rings. The molecule has 1 saturated carbocycles. The number of likely N-dealkylation sites (N-methyl/N-ethyl adjacent to an activating group) is 1. The topological polar surface area (TPSA) is 52.7 Å². The van der Waals surface area contributed by atoms with Crippen LogP contribution in [0.1, 0.15) is 26.7 Å². The predicted molar refractivity (Wildman–Crippen MR) is 94.5 cm³/mol. The number of hydrogen-bond acceptors (Lipinski definition) is 3. The number of nitrogens with one attached hydrogen (secondary N) is 1. The Morgan fingerprint density at radius 1 is 1.44 bits per heavy atom. The maximum Gasteiger partial charge on any atom is 0.236 e. The summed E-state index contributed by atoms with van der Waals surface area (Å²) in [7, 11) is 1.95. The van der Waals surface area contributed by atoms with Crippen LogP contribution in [0.2, 0.25) is 0 Å². The molecule has 0 radical (unpaired) electrons. The van der Waals surface area contributed by atoms with Crippen LogP contribution in [0.25, 0.3) is 0 Å². The molecule has 6 heteroatoms. The molecule has 2 aliphatic rings. The molecule has 1 heterocycles. The zero-order chi connectivity index (χ0) is 18.2. The van der Waals surface area contributed by atoms with Gasteiger partial charge in [-0.3, -0.25) is 14.5 Å². The molecule has 1 aromatic carbocycles. The van der Waals surface area contributed by atoms with E-state index in [2.05, 4.69) is 19.2 Å². The fourth-order valence-corrected chi connectivity index (χ4v) is 3.57. The molecule has 1 saturated heterocycles. The lowest BCUT2D eigenvalue weighted by atomic mass is 10.0. The van der Waals surface area contributed by atoms with E-state index in [1.165, 1.54) is 12.1 Å². The average molecular weight is 347 g/mol. The summed E-state index contributed by atoms with van der Waals surface area (Å²) >= 11 is 0. The Morgan fingerprint density at radius 2 is 2.20 bits per heavy atom. The molecule has 3 rings (SSSR count). The highest BCUT2D eigenvalue weighted by Crippen LogP contribution is 2.58. The smallest absolute Gasteiger partial charge is 0.236 e. The summed E-state index contributed by atoms with van der Waals surface area (Å²) in [5.74, 6) is -0.393. The second kappa shape index (κ2) is 6.75. The third-order valence-electron chi connectivity index (χ3n) is 5.60. The lowest BCUT2D eigenvalue weighted by Crippen LogP contribution is -2.40. The van der Waals surface area contributed by atoms with E-state index >= 15 is 0 Å². The minimum absolute atomic E-state index is 0.0702. The van der Waals surface area contributed by atoms with Gasteiger partial charge in [0.25, 0.3) is 0 Å². The summed E-state index contributed by atoms with van der Waals surface area (Å²) in [6.45, 7) is 5.90. The van der Waals surface area contributed by atoms with Gasteiger partial charge in [-0.1, -0.05) is 6.07 Å². The summed E-state index contributed by atoms with van der Waals surface area (Å²) in [4.78, 5) is 28.8. The quantitative estimate of drug-likeness (QED) is 0.889. The van der Waals surface area contributed by atoms with E-state index in [0.717, 1.165) is 12.8 Å². The summed E-state index contributed by atoms with van der Waals surface area (Å²) in [5.41, 5.74) is 0.403. The number of carbonyl (C=O) groups is 2. The Balaban J connectivity index is 1.54. The van der Waals surface area contributed by atoms with Crippen molar-refractivity contribution in [3.8, 4) is 0 Å². The molecule has 2 amide bonds. The summed E-state index contributed by atoms with van der Waals surface area (Å²) in [5, 5.41) is 2.80. The van der Waals surface area contributed by atoms with Crippen LogP contribution in [0.3, 0.4) is 0 Å². The van der Waals surface area contributed by atoms with E-state index in [-0.39, 0.29) is 29.0 Å². The van der Waals surface area contributed by atoms with Crippen molar-refractivity contribution < 1.29 is 14.0 Å². The Labute approximate surface area is 148 Å². The van der Waals surface area contributed by atoms with Crippen molar-refractivity contribution in [3.05, 3.63) is 30.1 Å². The van der Waals surface area contributed by atoms with Crippen LogP contribution in [-0.2, 0) is 9.59 Å². The highest BCUT2D eigenvalue weighted by Gasteiger charge is 2.61. The predicted octanol–water partition coefficient (Wildman–Crippen LogP) is 2.34. The van der Waals surface area contributed by atoms with E-state index in [9.17, 15) is 14.0 Å². The molecule has 1 aliphatic carbocycles. The number of anilines is 1. The molecular formula is C19H26FN3O2. The van der Waals surface area contributed by atoms with Crippen molar-refractivity contribution in [3.63, 3.8) is 0 Å². The Bertz CT molecular complexity index is 678. The highest BCUT2D eigenvalue weighted by molar-refractivity contribution is 5.95. The molecule has 136 valence electrons. The summed E-state index contributed by atoms with van der Waals surface area (Å²) in [6.07, 6.45) is 1.67. The van der Waals surface area contributed by atoms with Crippen molar-refractivity contribution in [2.75, 3.05) is 32.0 Å². The maximum absolute atomic E-state index is 13.2. The van der Waals surface area contributed by atoms with Crippen LogP contribution in [0.5, 0.6) is 0 Å². The molecule has 0 bridgehead atoms. The Morgan fingerprint density at radius 3 is 2.88 bits per heavy atom. The number of likely N-dealkylation sites (tertiary alicyclic amines) is 1. The number of nitrogens with zero attached hydrogens (tertiary/aromatic N) is 2. The third kappa shape index (κ3) is 3.84. The molecule has 25 heavy (non-hydrogen) atoms. The Kier molecular flexibility index (Phi) is 4.82. The van der Waals surface area contributed by atoms with Gasteiger partial charge in [0.2, 0.25) is 11.8 Å². The Hall–Kier alpha value is -1.95. The second-order valence-electron chi connectivity index (χ2n) is 7.69. The number of rotatable bonds is 5. The SMILES string of the molecule is CC(C)N(C)CC(=O)N1CCC2(CC2C(=O)Nc2cccc(F)c2)C1. The number of carbonyl (C=O) groups excluding carboxylic acids is 2.